The molecule has 0 aliphatic rings. The molecule has 19 heavy (non-hydrogen) atoms. The van der Waals surface area contributed by atoms with Gasteiger partial charge in [-0.15, -0.1) is 0 Å². The van der Waals surface area contributed by atoms with E-state index in [-0.39, 0.29) is 5.82 Å². The van der Waals surface area contributed by atoms with Crippen LogP contribution in [-0.2, 0) is 6.54 Å². The number of para-hydroxylation sites is 1. The monoisotopic (exact) mass is 325 g/mol. The van der Waals surface area contributed by atoms with Crippen LogP contribution in [0.1, 0.15) is 32.0 Å². The van der Waals surface area contributed by atoms with Crippen LogP contribution in [-0.4, -0.2) is 9.78 Å². The van der Waals surface area contributed by atoms with Gasteiger partial charge in [0.1, 0.15) is 5.82 Å². The van der Waals surface area contributed by atoms with Crippen LogP contribution in [0.15, 0.2) is 34.9 Å². The molecule has 0 radical (unpaired) electrons. The third-order valence-corrected chi connectivity index (χ3v) is 3.78. The summed E-state index contributed by atoms with van der Waals surface area (Å²) in [5.41, 5.74) is 1.37. The van der Waals surface area contributed by atoms with Gasteiger partial charge < -0.3 is 5.32 Å². The molecule has 1 aromatic heterocycles. The smallest absolute Gasteiger partial charge is 0.147 e. The predicted molar refractivity (Wildman–Crippen MR) is 78.7 cm³/mol. The molecular weight excluding hydrogens is 309 g/mol. The van der Waals surface area contributed by atoms with E-state index in [4.69, 9.17) is 0 Å². The predicted octanol–water partition coefficient (Wildman–Crippen LogP) is 4.37. The molecule has 0 aliphatic carbocycles. The zero-order chi connectivity index (χ0) is 13.8. The number of aromatic nitrogens is 2. The second kappa shape index (κ2) is 6.19. The van der Waals surface area contributed by atoms with E-state index in [1.165, 1.54) is 6.07 Å². The van der Waals surface area contributed by atoms with Crippen molar-refractivity contribution in [3.63, 3.8) is 0 Å². The van der Waals surface area contributed by atoms with Gasteiger partial charge in [-0.2, -0.15) is 5.10 Å². The zero-order valence-electron chi connectivity index (χ0n) is 11.0. The van der Waals surface area contributed by atoms with Gasteiger partial charge in [0.2, 0.25) is 0 Å². The summed E-state index contributed by atoms with van der Waals surface area (Å²) in [5.74, 6) is -0.268. The quantitative estimate of drug-likeness (QED) is 0.884. The molecule has 1 aromatic carbocycles. The fourth-order valence-corrected chi connectivity index (χ4v) is 2.23. The van der Waals surface area contributed by atoms with Gasteiger partial charge in [0.25, 0.3) is 0 Å². The summed E-state index contributed by atoms with van der Waals surface area (Å²) in [6.45, 7) is 4.75. The normalized spacial score (nSPS) is 12.4. The molecule has 1 atom stereocenters. The summed E-state index contributed by atoms with van der Waals surface area (Å²) in [6, 6.07) is 7.25. The summed E-state index contributed by atoms with van der Waals surface area (Å²) in [5, 5.41) is 7.54. The molecule has 5 heteroatoms. The maximum Gasteiger partial charge on any atom is 0.147 e. The first-order valence-corrected chi connectivity index (χ1v) is 7.13. The van der Waals surface area contributed by atoms with Gasteiger partial charge in [-0.1, -0.05) is 13.0 Å². The Morgan fingerprint density at radius 3 is 2.89 bits per heavy atom. The Morgan fingerprint density at radius 2 is 2.21 bits per heavy atom. The molecule has 0 bridgehead atoms. The van der Waals surface area contributed by atoms with Gasteiger partial charge in [-0.3, -0.25) is 4.68 Å². The molecule has 0 amide bonds. The van der Waals surface area contributed by atoms with Gasteiger partial charge in [0, 0.05) is 16.7 Å². The first-order chi connectivity index (χ1) is 9.11. The first-order valence-electron chi connectivity index (χ1n) is 6.33. The van der Waals surface area contributed by atoms with Crippen LogP contribution in [0, 0.1) is 5.82 Å². The number of halogens is 2. The molecule has 3 nitrogen and oxygen atoms in total. The lowest BCUT2D eigenvalue weighted by Crippen LogP contribution is -2.07. The van der Waals surface area contributed by atoms with Crippen molar-refractivity contribution in [2.24, 2.45) is 0 Å². The van der Waals surface area contributed by atoms with Crippen LogP contribution in [0.25, 0.3) is 0 Å². The number of benzene rings is 1. The summed E-state index contributed by atoms with van der Waals surface area (Å²) in [7, 11) is 0. The lowest BCUT2D eigenvalue weighted by atomic mass is 10.3. The molecular formula is C14H17BrFN3. The van der Waals surface area contributed by atoms with E-state index in [1.807, 2.05) is 23.0 Å². The highest BCUT2D eigenvalue weighted by Gasteiger charge is 2.08. The standard InChI is InChI=1S/C14H17BrFN3/c1-3-10(2)19-8-7-11(18-19)9-17-14-12(15)5-4-6-13(14)16/h4-8,10,17H,3,9H2,1-2H3. The van der Waals surface area contributed by atoms with E-state index in [1.54, 1.807) is 6.07 Å². The van der Waals surface area contributed by atoms with Gasteiger partial charge in [-0.25, -0.2) is 4.39 Å². The lowest BCUT2D eigenvalue weighted by molar-refractivity contribution is 0.474. The van der Waals surface area contributed by atoms with Gasteiger partial charge in [-0.05, 0) is 47.5 Å². The number of hydrogen-bond donors (Lipinski definition) is 1. The van der Waals surface area contributed by atoms with Crippen LogP contribution in [0.2, 0.25) is 0 Å². The second-order valence-electron chi connectivity index (χ2n) is 4.49. The number of nitrogens with one attached hydrogen (secondary N) is 1. The Labute approximate surface area is 121 Å². The van der Waals surface area contributed by atoms with E-state index in [2.05, 4.69) is 40.2 Å². The molecule has 102 valence electrons. The molecule has 0 saturated carbocycles. The molecule has 1 unspecified atom stereocenters. The van der Waals surface area contributed by atoms with Gasteiger partial charge in [0.15, 0.2) is 0 Å². The van der Waals surface area contributed by atoms with E-state index in [9.17, 15) is 4.39 Å². The Morgan fingerprint density at radius 1 is 1.42 bits per heavy atom. The van der Waals surface area contributed by atoms with Crippen LogP contribution in [0.5, 0.6) is 0 Å². The summed E-state index contributed by atoms with van der Waals surface area (Å²) < 4.78 is 16.3. The van der Waals surface area contributed by atoms with Crippen LogP contribution in [0.3, 0.4) is 0 Å². The van der Waals surface area contributed by atoms with Gasteiger partial charge >= 0.3 is 0 Å². The minimum absolute atomic E-state index is 0.268. The van der Waals surface area contributed by atoms with Crippen LogP contribution >= 0.6 is 15.9 Å². The average molecular weight is 326 g/mol. The van der Waals surface area contributed by atoms with Crippen LogP contribution < -0.4 is 5.32 Å². The van der Waals surface area contributed by atoms with E-state index in [0.717, 1.165) is 12.1 Å². The highest BCUT2D eigenvalue weighted by Crippen LogP contribution is 2.25. The van der Waals surface area contributed by atoms with Crippen molar-refractivity contribution in [3.05, 3.63) is 46.4 Å². The largest absolute Gasteiger partial charge is 0.376 e. The fourth-order valence-electron chi connectivity index (χ4n) is 1.75. The molecule has 2 rings (SSSR count). The molecule has 0 spiro atoms. The highest BCUT2D eigenvalue weighted by molar-refractivity contribution is 9.10. The van der Waals surface area contributed by atoms with E-state index < -0.39 is 0 Å². The topological polar surface area (TPSA) is 29.9 Å². The maximum atomic E-state index is 13.6. The Bertz CT molecular complexity index is 533. The van der Waals surface area contributed by atoms with Crippen molar-refractivity contribution in [2.45, 2.75) is 32.9 Å². The average Bonchev–Trinajstić information content (AvgIpc) is 2.86. The number of rotatable bonds is 5. The molecule has 1 N–H and O–H groups in total. The fraction of sp³-hybridized carbons (Fsp3) is 0.357. The molecule has 0 aliphatic heterocycles. The Kier molecular flexibility index (Phi) is 4.58. The Hall–Kier alpha value is -1.36. The summed E-state index contributed by atoms with van der Waals surface area (Å²) in [4.78, 5) is 0. The minimum atomic E-state index is -0.268. The second-order valence-corrected chi connectivity index (χ2v) is 5.35. The SMILES string of the molecule is CCC(C)n1ccc(CNc2c(F)cccc2Br)n1. The lowest BCUT2D eigenvalue weighted by Gasteiger charge is -2.09. The first kappa shape index (κ1) is 14.1. The molecule has 2 aromatic rings. The van der Waals surface area contributed by atoms with Crippen molar-refractivity contribution in [2.75, 3.05) is 5.32 Å². The van der Waals surface area contributed by atoms with Crippen molar-refractivity contribution >= 4 is 21.6 Å². The minimum Gasteiger partial charge on any atom is -0.376 e. The van der Waals surface area contributed by atoms with Crippen molar-refractivity contribution in [1.82, 2.24) is 9.78 Å². The summed E-state index contributed by atoms with van der Waals surface area (Å²) >= 11 is 3.33. The van der Waals surface area contributed by atoms with Crippen LogP contribution in [0.4, 0.5) is 10.1 Å². The van der Waals surface area contributed by atoms with Crippen molar-refractivity contribution in [1.29, 1.82) is 0 Å². The number of hydrogen-bond acceptors (Lipinski definition) is 2. The van der Waals surface area contributed by atoms with E-state index in [0.29, 0.717) is 22.7 Å². The summed E-state index contributed by atoms with van der Waals surface area (Å²) in [6.07, 6.45) is 3.00. The maximum absolute atomic E-state index is 13.6. The van der Waals surface area contributed by atoms with E-state index >= 15 is 0 Å². The highest BCUT2D eigenvalue weighted by atomic mass is 79.9. The third kappa shape index (κ3) is 3.35. The zero-order valence-corrected chi connectivity index (χ0v) is 12.6. The number of anilines is 1. The van der Waals surface area contributed by atoms with Gasteiger partial charge in [0.05, 0.1) is 17.9 Å². The third-order valence-electron chi connectivity index (χ3n) is 3.12. The Balaban J connectivity index is 2.05. The number of nitrogens with zero attached hydrogens (tertiary/aromatic N) is 2. The van der Waals surface area contributed by atoms with Crippen molar-refractivity contribution in [3.8, 4) is 0 Å². The molecule has 0 saturated heterocycles. The molecule has 0 fully saturated rings. The van der Waals surface area contributed by atoms with Crippen molar-refractivity contribution < 1.29 is 4.39 Å². The molecule has 1 heterocycles.